The molecule has 1 aliphatic rings. The second kappa shape index (κ2) is 15.6. The highest BCUT2D eigenvalue weighted by molar-refractivity contribution is 7.61. The van der Waals surface area contributed by atoms with Gasteiger partial charge >= 0.3 is 0 Å². The summed E-state index contributed by atoms with van der Waals surface area (Å²) in [6, 6.07) is 8.62. The molecule has 1 aromatic rings. The number of hydrogen-bond donors (Lipinski definition) is 0. The molecule has 0 radical (unpaired) electrons. The molecule has 170 valence electrons. The van der Waals surface area contributed by atoms with Crippen LogP contribution in [0.2, 0.25) is 0 Å². The average molecular weight is 467 g/mol. The molecule has 1 heterocycles. The van der Waals surface area contributed by atoms with Gasteiger partial charge in [-0.1, -0.05) is 79.8 Å². The van der Waals surface area contributed by atoms with Crippen molar-refractivity contribution in [2.75, 3.05) is 12.3 Å². The molecule has 32 heavy (non-hydrogen) atoms. The van der Waals surface area contributed by atoms with Crippen molar-refractivity contribution < 1.29 is 9.05 Å². The Morgan fingerprint density at radius 2 is 1.84 bits per heavy atom. The highest BCUT2D eigenvalue weighted by Crippen LogP contribution is 2.48. The van der Waals surface area contributed by atoms with Crippen molar-refractivity contribution in [1.82, 2.24) is 0 Å². The molecule has 0 bridgehead atoms. The van der Waals surface area contributed by atoms with Crippen LogP contribution in [0, 0.1) is 0 Å². The zero-order chi connectivity index (χ0) is 23.0. The first-order valence-corrected chi connectivity index (χ1v) is 13.9. The maximum absolute atomic E-state index is 6.36. The van der Waals surface area contributed by atoms with Crippen molar-refractivity contribution in [3.05, 3.63) is 108 Å². The van der Waals surface area contributed by atoms with E-state index in [9.17, 15) is 0 Å². The molecule has 1 aliphatic heterocycles. The summed E-state index contributed by atoms with van der Waals surface area (Å²) in [5.41, 5.74) is 3.82. The van der Waals surface area contributed by atoms with Gasteiger partial charge in [0.2, 0.25) is 0 Å². The predicted molar refractivity (Wildman–Crippen MR) is 146 cm³/mol. The Morgan fingerprint density at radius 3 is 2.59 bits per heavy atom. The lowest BCUT2D eigenvalue weighted by Gasteiger charge is -2.30. The van der Waals surface area contributed by atoms with Crippen LogP contribution in [0.4, 0.5) is 0 Å². The molecule has 2 nitrogen and oxygen atoms in total. The van der Waals surface area contributed by atoms with Crippen molar-refractivity contribution in [2.45, 2.75) is 40.5 Å². The summed E-state index contributed by atoms with van der Waals surface area (Å²) in [5.74, 6) is 1.00. The summed E-state index contributed by atoms with van der Waals surface area (Å²) in [7, 11) is -0.216. The van der Waals surface area contributed by atoms with Gasteiger partial charge in [-0.2, -0.15) is 0 Å². The first kappa shape index (κ1) is 26.1. The summed E-state index contributed by atoms with van der Waals surface area (Å²) >= 11 is 0. The van der Waals surface area contributed by atoms with Gasteiger partial charge in [0.25, 0.3) is 0 Å². The standard InChI is InChI=1S/C28H36O2P2/c1-5-9-12-17-24(6-2)18-13-10-11-16-21-29-31-22-23-32-28-20-15-14-19-26(28)25(7-3)27(8-4)30-32/h6-16,18-21,31H,5,17,22-23H2,1-4H3/b11-10-,12-9-,18-13+,21-16+,24-6+,25-7-,27-8+. The lowest BCUT2D eigenvalue weighted by atomic mass is 10.0. The maximum atomic E-state index is 6.36. The molecule has 0 saturated carbocycles. The molecule has 0 aromatic heterocycles. The highest BCUT2D eigenvalue weighted by Gasteiger charge is 2.27. The van der Waals surface area contributed by atoms with Gasteiger partial charge in [0.15, 0.2) is 0 Å². The molecule has 1 aromatic carbocycles. The van der Waals surface area contributed by atoms with Crippen molar-refractivity contribution in [2.24, 2.45) is 0 Å². The topological polar surface area (TPSA) is 18.5 Å². The Bertz CT molecular complexity index is 917. The summed E-state index contributed by atoms with van der Waals surface area (Å²) in [6.45, 7) is 8.35. The molecule has 2 unspecified atom stereocenters. The molecular weight excluding hydrogens is 430 g/mol. The van der Waals surface area contributed by atoms with Crippen LogP contribution in [-0.4, -0.2) is 12.3 Å². The van der Waals surface area contributed by atoms with Crippen molar-refractivity contribution >= 4 is 27.8 Å². The van der Waals surface area contributed by atoms with Crippen LogP contribution in [0.25, 0.3) is 5.57 Å². The van der Waals surface area contributed by atoms with Crippen molar-refractivity contribution in [3.63, 3.8) is 0 Å². The fourth-order valence-corrected chi connectivity index (χ4v) is 6.31. The summed E-state index contributed by atoms with van der Waals surface area (Å²) in [4.78, 5) is 0. The van der Waals surface area contributed by atoms with Crippen LogP contribution in [0.5, 0.6) is 0 Å². The summed E-state index contributed by atoms with van der Waals surface area (Å²) < 4.78 is 12.1. The van der Waals surface area contributed by atoms with E-state index >= 15 is 0 Å². The number of allylic oxidation sites excluding steroid dienone is 12. The molecular formula is C28H36O2P2. The van der Waals surface area contributed by atoms with E-state index in [1.807, 2.05) is 25.2 Å². The lowest BCUT2D eigenvalue weighted by molar-refractivity contribution is 0.500. The zero-order valence-electron chi connectivity index (χ0n) is 19.8. The first-order valence-electron chi connectivity index (χ1n) is 11.3. The van der Waals surface area contributed by atoms with E-state index in [0.717, 1.165) is 30.9 Å². The monoisotopic (exact) mass is 466 g/mol. The zero-order valence-corrected chi connectivity index (χ0v) is 21.6. The van der Waals surface area contributed by atoms with E-state index in [-0.39, 0.29) is 0 Å². The minimum atomic E-state index is -0.651. The number of benzene rings is 1. The van der Waals surface area contributed by atoms with E-state index in [1.165, 1.54) is 22.0 Å². The maximum Gasteiger partial charge on any atom is 0.127 e. The Hall–Kier alpha value is -2.14. The van der Waals surface area contributed by atoms with E-state index in [0.29, 0.717) is 8.81 Å². The van der Waals surface area contributed by atoms with Gasteiger partial charge in [-0.3, -0.25) is 0 Å². The second-order valence-electron chi connectivity index (χ2n) is 7.10. The molecule has 0 spiro atoms. The Morgan fingerprint density at radius 1 is 1.03 bits per heavy atom. The van der Waals surface area contributed by atoms with Crippen molar-refractivity contribution in [3.8, 4) is 0 Å². The first-order chi connectivity index (χ1) is 15.7. The fourth-order valence-electron chi connectivity index (χ4n) is 3.26. The van der Waals surface area contributed by atoms with Gasteiger partial charge < -0.3 is 9.05 Å². The molecule has 0 fully saturated rings. The van der Waals surface area contributed by atoms with E-state index < -0.39 is 8.15 Å². The molecule has 2 rings (SSSR count). The van der Waals surface area contributed by atoms with Crippen LogP contribution in [-0.2, 0) is 9.05 Å². The second-order valence-corrected chi connectivity index (χ2v) is 9.99. The highest BCUT2D eigenvalue weighted by atomic mass is 31.1. The molecule has 2 atom stereocenters. The van der Waals surface area contributed by atoms with Gasteiger partial charge in [-0.25, -0.2) is 0 Å². The smallest absolute Gasteiger partial charge is 0.127 e. The van der Waals surface area contributed by atoms with Crippen LogP contribution in [0.1, 0.15) is 46.1 Å². The Labute approximate surface area is 197 Å². The van der Waals surface area contributed by atoms with E-state index in [2.05, 4.69) is 87.6 Å². The third-order valence-corrected chi connectivity index (χ3v) is 8.06. The van der Waals surface area contributed by atoms with E-state index in [4.69, 9.17) is 9.05 Å². The summed E-state index contributed by atoms with van der Waals surface area (Å²) in [5, 5.41) is 1.34. The Balaban J connectivity index is 1.76. The number of fused-ring (bicyclic) bond motifs is 1. The number of hydrogen-bond acceptors (Lipinski definition) is 2. The summed E-state index contributed by atoms with van der Waals surface area (Å²) in [6.07, 6.45) is 26.8. The van der Waals surface area contributed by atoms with Crippen LogP contribution in [0.3, 0.4) is 0 Å². The van der Waals surface area contributed by atoms with E-state index in [1.54, 1.807) is 6.26 Å². The normalized spacial score (nSPS) is 20.0. The van der Waals surface area contributed by atoms with Crippen LogP contribution >= 0.6 is 17.0 Å². The van der Waals surface area contributed by atoms with Crippen molar-refractivity contribution in [1.29, 1.82) is 0 Å². The minimum Gasteiger partial charge on any atom is -0.485 e. The largest absolute Gasteiger partial charge is 0.485 e. The van der Waals surface area contributed by atoms with Gasteiger partial charge in [-0.05, 0) is 56.9 Å². The molecule has 4 heteroatoms. The molecule has 0 saturated heterocycles. The predicted octanol–water partition coefficient (Wildman–Crippen LogP) is 8.58. The van der Waals surface area contributed by atoms with Gasteiger partial charge in [0, 0.05) is 23.2 Å². The molecule has 0 N–H and O–H groups in total. The third-order valence-electron chi connectivity index (χ3n) is 4.91. The van der Waals surface area contributed by atoms with Gasteiger partial charge in [0.05, 0.1) is 15.1 Å². The molecule has 0 amide bonds. The van der Waals surface area contributed by atoms with Gasteiger partial charge in [0.1, 0.15) is 13.9 Å². The average Bonchev–Trinajstić information content (AvgIpc) is 2.83. The fraction of sp³-hybridized carbons (Fsp3) is 0.286. The van der Waals surface area contributed by atoms with Crippen LogP contribution < -0.4 is 5.30 Å². The molecule has 0 aliphatic carbocycles. The minimum absolute atomic E-state index is 0.435. The third kappa shape index (κ3) is 8.42. The lowest BCUT2D eigenvalue weighted by Crippen LogP contribution is -2.18. The van der Waals surface area contributed by atoms with Crippen LogP contribution in [0.15, 0.2) is 103 Å². The SMILES string of the molecule is C/C=C1\C(=C/C)OP(CCPO/C=C/C=C\C=C\C(=C\C)C/C=C\CC)c2ccccc21. The Kier molecular flexibility index (Phi) is 12.8. The quantitative estimate of drug-likeness (QED) is 0.107. The van der Waals surface area contributed by atoms with Gasteiger partial charge in [-0.15, -0.1) is 0 Å². The number of rotatable bonds is 11.